The normalized spacial score (nSPS) is 10.3. The van der Waals surface area contributed by atoms with Crippen molar-refractivity contribution in [1.29, 1.82) is 0 Å². The maximum atomic E-state index is 11.3. The van der Waals surface area contributed by atoms with Gasteiger partial charge >= 0.3 is 0 Å². The largest absolute Gasteiger partial charge is 0.508 e. The van der Waals surface area contributed by atoms with E-state index in [1.807, 2.05) is 31.2 Å². The van der Waals surface area contributed by atoms with Crippen LogP contribution in [-0.2, 0) is 4.79 Å². The molecular weight excluding hydrogens is 360 g/mol. The molecule has 0 spiro atoms. The minimum atomic E-state index is -0.244. The number of carbonyl (C=O) groups excluding carboxylic acids is 1. The van der Waals surface area contributed by atoms with Gasteiger partial charge in [0.25, 0.3) is 0 Å². The number of hydrogen-bond acceptors (Lipinski definition) is 6. The van der Waals surface area contributed by atoms with E-state index in [9.17, 15) is 9.90 Å². The molecule has 7 heteroatoms. The van der Waals surface area contributed by atoms with Crippen LogP contribution in [0.1, 0.15) is 5.56 Å². The molecule has 0 unspecified atom stereocenters. The van der Waals surface area contributed by atoms with Crippen LogP contribution in [-0.4, -0.2) is 21.0 Å². The third-order valence-corrected chi connectivity index (χ3v) is 4.68. The highest BCUT2D eigenvalue weighted by atomic mass is 32.2. The molecule has 0 aliphatic rings. The quantitative estimate of drug-likeness (QED) is 0.332. The number of phenols is 1. The molecule has 0 aliphatic carbocycles. The molecule has 2 aromatic carbocycles. The number of rotatable bonds is 6. The smallest absolute Gasteiger partial charge is 0.247 e. The van der Waals surface area contributed by atoms with Crippen molar-refractivity contribution < 1.29 is 9.90 Å². The maximum absolute atomic E-state index is 11.3. The molecule has 0 fully saturated rings. The van der Waals surface area contributed by atoms with Crippen LogP contribution in [0.4, 0.5) is 17.3 Å². The Hall–Kier alpha value is -3.32. The van der Waals surface area contributed by atoms with E-state index >= 15 is 0 Å². The molecule has 0 saturated heterocycles. The van der Waals surface area contributed by atoms with Crippen molar-refractivity contribution in [3.63, 3.8) is 0 Å². The van der Waals surface area contributed by atoms with Crippen molar-refractivity contribution >= 4 is 35.0 Å². The minimum absolute atomic E-state index is 0.203. The van der Waals surface area contributed by atoms with Gasteiger partial charge in [-0.3, -0.25) is 4.79 Å². The molecular formula is C20H18N4O2S. The summed E-state index contributed by atoms with van der Waals surface area (Å²) in [5.41, 5.74) is 2.45. The van der Waals surface area contributed by atoms with Gasteiger partial charge in [-0.05, 0) is 61.5 Å². The second kappa shape index (κ2) is 8.37. The number of hydrogen-bond donors (Lipinski definition) is 3. The number of carbonyl (C=O) groups is 1. The summed E-state index contributed by atoms with van der Waals surface area (Å²) in [5.74, 6) is 0.435. The number of nitrogens with zero attached hydrogens (tertiary/aromatic N) is 2. The molecule has 0 atom stereocenters. The lowest BCUT2D eigenvalue weighted by molar-refractivity contribution is -0.111. The summed E-state index contributed by atoms with van der Waals surface area (Å²) < 4.78 is 0. The highest BCUT2D eigenvalue weighted by Crippen LogP contribution is 2.30. The van der Waals surface area contributed by atoms with Gasteiger partial charge in [-0.25, -0.2) is 9.97 Å². The molecule has 6 nitrogen and oxygen atoms in total. The summed E-state index contributed by atoms with van der Waals surface area (Å²) in [5, 5.41) is 16.0. The summed E-state index contributed by atoms with van der Waals surface area (Å²) in [4.78, 5) is 21.2. The first-order chi connectivity index (χ1) is 13.0. The summed E-state index contributed by atoms with van der Waals surface area (Å²) >= 11 is 1.51. The Morgan fingerprint density at radius 2 is 1.78 bits per heavy atom. The lowest BCUT2D eigenvalue weighted by Crippen LogP contribution is -2.06. The van der Waals surface area contributed by atoms with Gasteiger partial charge in [0, 0.05) is 28.0 Å². The van der Waals surface area contributed by atoms with Gasteiger partial charge in [0.1, 0.15) is 10.8 Å². The molecule has 0 saturated carbocycles. The van der Waals surface area contributed by atoms with E-state index in [0.29, 0.717) is 11.6 Å². The second-order valence-corrected chi connectivity index (χ2v) is 6.74. The molecule has 27 heavy (non-hydrogen) atoms. The number of aromatic hydroxyl groups is 1. The van der Waals surface area contributed by atoms with Crippen LogP contribution < -0.4 is 10.6 Å². The Morgan fingerprint density at radius 1 is 1.11 bits per heavy atom. The Morgan fingerprint density at radius 3 is 2.44 bits per heavy atom. The summed E-state index contributed by atoms with van der Waals surface area (Å²) in [6.07, 6.45) is 2.99. The van der Waals surface area contributed by atoms with Crippen molar-refractivity contribution in [2.45, 2.75) is 16.8 Å². The first-order valence-electron chi connectivity index (χ1n) is 8.14. The van der Waals surface area contributed by atoms with Crippen molar-refractivity contribution in [3.05, 3.63) is 72.9 Å². The fourth-order valence-corrected chi connectivity index (χ4v) is 3.02. The van der Waals surface area contributed by atoms with Gasteiger partial charge in [-0.15, -0.1) is 0 Å². The molecule has 136 valence electrons. The van der Waals surface area contributed by atoms with Crippen molar-refractivity contribution in [2.75, 3.05) is 10.6 Å². The molecule has 1 heterocycles. The van der Waals surface area contributed by atoms with E-state index in [1.54, 1.807) is 30.5 Å². The predicted molar refractivity (Wildman–Crippen MR) is 108 cm³/mol. The fraction of sp³-hybridized carbons (Fsp3) is 0.0500. The standard InChI is InChI=1S/C20H18N4O2S/c1-3-18(26)22-14-6-10-17(11-7-14)27-19-13(2)12-21-20(24-19)23-15-4-8-16(25)9-5-15/h3-12,25H,1H2,2H3,(H,22,26)(H,21,23,24). The van der Waals surface area contributed by atoms with Crippen LogP contribution in [0.25, 0.3) is 0 Å². The van der Waals surface area contributed by atoms with E-state index in [-0.39, 0.29) is 11.7 Å². The third-order valence-electron chi connectivity index (χ3n) is 3.57. The van der Waals surface area contributed by atoms with Crippen molar-refractivity contribution in [1.82, 2.24) is 9.97 Å². The Labute approximate surface area is 161 Å². The molecule has 0 radical (unpaired) electrons. The van der Waals surface area contributed by atoms with Gasteiger partial charge < -0.3 is 15.7 Å². The van der Waals surface area contributed by atoms with Crippen LogP contribution in [0.2, 0.25) is 0 Å². The molecule has 1 aromatic heterocycles. The monoisotopic (exact) mass is 378 g/mol. The van der Waals surface area contributed by atoms with E-state index in [4.69, 9.17) is 0 Å². The predicted octanol–water partition coefficient (Wildman–Crippen LogP) is 4.51. The average molecular weight is 378 g/mol. The van der Waals surface area contributed by atoms with Crippen LogP contribution in [0.3, 0.4) is 0 Å². The average Bonchev–Trinajstić information content (AvgIpc) is 2.67. The molecule has 3 rings (SSSR count). The highest BCUT2D eigenvalue weighted by Gasteiger charge is 2.07. The zero-order valence-corrected chi connectivity index (χ0v) is 15.5. The second-order valence-electron chi connectivity index (χ2n) is 5.67. The number of nitrogens with one attached hydrogen (secondary N) is 2. The Kier molecular flexibility index (Phi) is 5.73. The molecule has 0 aliphatic heterocycles. The van der Waals surface area contributed by atoms with Gasteiger partial charge in [0.05, 0.1) is 0 Å². The van der Waals surface area contributed by atoms with Crippen LogP contribution in [0.15, 0.2) is 77.3 Å². The molecule has 1 amide bonds. The van der Waals surface area contributed by atoms with Crippen molar-refractivity contribution in [2.24, 2.45) is 0 Å². The topological polar surface area (TPSA) is 87.1 Å². The van der Waals surface area contributed by atoms with E-state index < -0.39 is 0 Å². The molecule has 3 N–H and O–H groups in total. The summed E-state index contributed by atoms with van der Waals surface area (Å²) in [6.45, 7) is 5.38. The minimum Gasteiger partial charge on any atom is -0.508 e. The molecule has 0 bridgehead atoms. The van der Waals surface area contributed by atoms with Gasteiger partial charge in [0.2, 0.25) is 11.9 Å². The van der Waals surface area contributed by atoms with Gasteiger partial charge in [-0.1, -0.05) is 18.3 Å². The number of amides is 1. The zero-order valence-electron chi connectivity index (χ0n) is 14.6. The third kappa shape index (κ3) is 5.08. The highest BCUT2D eigenvalue weighted by molar-refractivity contribution is 7.99. The summed E-state index contributed by atoms with van der Waals surface area (Å²) in [6, 6.07) is 14.2. The zero-order chi connectivity index (χ0) is 19.2. The number of anilines is 3. The Balaban J connectivity index is 1.73. The van der Waals surface area contributed by atoms with E-state index in [2.05, 4.69) is 27.2 Å². The first kappa shape index (κ1) is 18.5. The fourth-order valence-electron chi connectivity index (χ4n) is 2.18. The number of phenolic OH excluding ortho intramolecular Hbond substituents is 1. The number of aromatic nitrogens is 2. The van der Waals surface area contributed by atoms with E-state index in [0.717, 1.165) is 21.2 Å². The van der Waals surface area contributed by atoms with E-state index in [1.165, 1.54) is 17.8 Å². The number of benzene rings is 2. The maximum Gasteiger partial charge on any atom is 0.247 e. The number of aryl methyl sites for hydroxylation is 1. The van der Waals surface area contributed by atoms with Crippen LogP contribution >= 0.6 is 11.8 Å². The van der Waals surface area contributed by atoms with Crippen LogP contribution in [0.5, 0.6) is 5.75 Å². The SMILES string of the molecule is C=CC(=O)Nc1ccc(Sc2nc(Nc3ccc(O)cc3)ncc2C)cc1. The van der Waals surface area contributed by atoms with Crippen LogP contribution in [0, 0.1) is 6.92 Å². The first-order valence-corrected chi connectivity index (χ1v) is 8.96. The Bertz CT molecular complexity index is 957. The molecule has 3 aromatic rings. The lowest BCUT2D eigenvalue weighted by atomic mass is 10.3. The van der Waals surface area contributed by atoms with Gasteiger partial charge in [0.15, 0.2) is 0 Å². The van der Waals surface area contributed by atoms with Crippen molar-refractivity contribution in [3.8, 4) is 5.75 Å². The lowest BCUT2D eigenvalue weighted by Gasteiger charge is -2.09. The summed E-state index contributed by atoms with van der Waals surface area (Å²) in [7, 11) is 0. The van der Waals surface area contributed by atoms with Gasteiger partial charge in [-0.2, -0.15) is 0 Å².